The van der Waals surface area contributed by atoms with Crippen molar-refractivity contribution in [3.8, 4) is 0 Å². The van der Waals surface area contributed by atoms with Crippen LogP contribution in [0.1, 0.15) is 32.6 Å². The van der Waals surface area contributed by atoms with Crippen molar-refractivity contribution in [2.24, 2.45) is 23.7 Å². The molecule has 2 saturated carbocycles. The maximum atomic E-state index is 12.0. The molecule has 0 aromatic rings. The Morgan fingerprint density at radius 2 is 2.07 bits per heavy atom. The van der Waals surface area contributed by atoms with Gasteiger partial charge in [-0.25, -0.2) is 0 Å². The number of carbonyl (C=O) groups is 1. The number of Topliss-reactive ketones (excluding diaryl/α,β-unsaturated/α-hetero) is 1. The lowest BCUT2D eigenvalue weighted by Gasteiger charge is -2.10. The molecule has 0 aromatic heterocycles. The summed E-state index contributed by atoms with van der Waals surface area (Å²) in [5.74, 6) is 2.71. The van der Waals surface area contributed by atoms with Gasteiger partial charge in [-0.15, -0.1) is 0 Å². The van der Waals surface area contributed by atoms with E-state index in [1.807, 2.05) is 0 Å². The largest absolute Gasteiger partial charge is 0.385 e. The highest BCUT2D eigenvalue weighted by Gasteiger charge is 2.56. The molecule has 0 amide bonds. The zero-order valence-electron chi connectivity index (χ0n) is 9.16. The molecule has 3 atom stereocenters. The van der Waals surface area contributed by atoms with Crippen LogP contribution in [0.5, 0.6) is 0 Å². The number of hydrogen-bond donors (Lipinski definition) is 0. The lowest BCUT2D eigenvalue weighted by atomic mass is 9.95. The van der Waals surface area contributed by atoms with Gasteiger partial charge in [-0.1, -0.05) is 13.3 Å². The summed E-state index contributed by atoms with van der Waals surface area (Å²) in [4.78, 5) is 12.0. The fourth-order valence-corrected chi connectivity index (χ4v) is 3.01. The second-order valence-electron chi connectivity index (χ2n) is 4.87. The first-order valence-corrected chi connectivity index (χ1v) is 5.78. The number of carbonyl (C=O) groups excluding carboxylic acids is 1. The molecule has 0 N–H and O–H groups in total. The third-order valence-corrected chi connectivity index (χ3v) is 3.98. The van der Waals surface area contributed by atoms with Crippen molar-refractivity contribution in [3.63, 3.8) is 0 Å². The molecule has 2 fully saturated rings. The predicted molar refractivity (Wildman–Crippen MR) is 55.0 cm³/mol. The Hall–Kier alpha value is -0.370. The van der Waals surface area contributed by atoms with Gasteiger partial charge in [0.2, 0.25) is 0 Å². The normalized spacial score (nSPS) is 36.6. The maximum absolute atomic E-state index is 12.0. The van der Waals surface area contributed by atoms with Crippen LogP contribution >= 0.6 is 0 Å². The molecule has 80 valence electrons. The van der Waals surface area contributed by atoms with Gasteiger partial charge in [-0.2, -0.15) is 0 Å². The minimum atomic E-state index is 0.213. The molecule has 2 aliphatic rings. The summed E-state index contributed by atoms with van der Waals surface area (Å²) in [7, 11) is 1.70. The molecule has 14 heavy (non-hydrogen) atoms. The van der Waals surface area contributed by atoms with Gasteiger partial charge in [-0.05, 0) is 31.1 Å². The van der Waals surface area contributed by atoms with Crippen LogP contribution in [0.15, 0.2) is 0 Å². The molecular weight excluding hydrogens is 176 g/mol. The molecule has 0 heterocycles. The van der Waals surface area contributed by atoms with Crippen molar-refractivity contribution >= 4 is 5.78 Å². The SMILES string of the molecule is COCCC(C)C(=O)C1C2CCCC21. The topological polar surface area (TPSA) is 26.3 Å². The smallest absolute Gasteiger partial charge is 0.139 e. The lowest BCUT2D eigenvalue weighted by Crippen LogP contribution is -2.17. The average molecular weight is 196 g/mol. The molecular formula is C12H20O2. The first-order valence-electron chi connectivity index (χ1n) is 5.78. The van der Waals surface area contributed by atoms with Crippen molar-refractivity contribution < 1.29 is 9.53 Å². The number of rotatable bonds is 5. The van der Waals surface area contributed by atoms with Crippen molar-refractivity contribution in [2.45, 2.75) is 32.6 Å². The van der Waals surface area contributed by atoms with Gasteiger partial charge in [0, 0.05) is 25.6 Å². The van der Waals surface area contributed by atoms with Crippen molar-refractivity contribution in [1.82, 2.24) is 0 Å². The van der Waals surface area contributed by atoms with E-state index in [0.717, 1.165) is 24.9 Å². The first kappa shape index (κ1) is 10.2. The quantitative estimate of drug-likeness (QED) is 0.674. The molecule has 0 aliphatic heterocycles. The molecule has 0 radical (unpaired) electrons. The number of ether oxygens (including phenoxy) is 1. The Morgan fingerprint density at radius 3 is 2.64 bits per heavy atom. The molecule has 0 saturated heterocycles. The van der Waals surface area contributed by atoms with E-state index < -0.39 is 0 Å². The molecule has 2 rings (SSSR count). The van der Waals surface area contributed by atoms with E-state index in [-0.39, 0.29) is 5.92 Å². The molecule has 2 heteroatoms. The molecule has 0 aromatic carbocycles. The Balaban J connectivity index is 1.78. The van der Waals surface area contributed by atoms with Crippen LogP contribution in [0.2, 0.25) is 0 Å². The highest BCUT2D eigenvalue weighted by atomic mass is 16.5. The monoisotopic (exact) mass is 196 g/mol. The molecule has 2 aliphatic carbocycles. The van der Waals surface area contributed by atoms with E-state index in [1.165, 1.54) is 19.3 Å². The fraction of sp³-hybridized carbons (Fsp3) is 0.917. The Kier molecular flexibility index (Phi) is 2.91. The second kappa shape index (κ2) is 4.01. The van der Waals surface area contributed by atoms with Gasteiger partial charge in [-0.3, -0.25) is 4.79 Å². The first-order chi connectivity index (χ1) is 6.75. The molecule has 3 unspecified atom stereocenters. The summed E-state index contributed by atoms with van der Waals surface area (Å²) in [5, 5.41) is 0. The highest BCUT2D eigenvalue weighted by Crippen LogP contribution is 2.58. The van der Waals surface area contributed by atoms with E-state index in [9.17, 15) is 4.79 Å². The fourth-order valence-electron chi connectivity index (χ4n) is 3.01. The van der Waals surface area contributed by atoms with Gasteiger partial charge < -0.3 is 4.74 Å². The van der Waals surface area contributed by atoms with Crippen LogP contribution in [0.3, 0.4) is 0 Å². The second-order valence-corrected chi connectivity index (χ2v) is 4.87. The zero-order valence-corrected chi connectivity index (χ0v) is 9.16. The zero-order chi connectivity index (χ0) is 10.1. The van der Waals surface area contributed by atoms with Crippen molar-refractivity contribution in [2.75, 3.05) is 13.7 Å². The maximum Gasteiger partial charge on any atom is 0.139 e. The van der Waals surface area contributed by atoms with Gasteiger partial charge in [0.25, 0.3) is 0 Å². The number of hydrogen-bond acceptors (Lipinski definition) is 2. The van der Waals surface area contributed by atoms with Gasteiger partial charge in [0.1, 0.15) is 5.78 Å². The van der Waals surface area contributed by atoms with Crippen molar-refractivity contribution in [3.05, 3.63) is 0 Å². The number of fused-ring (bicyclic) bond motifs is 1. The van der Waals surface area contributed by atoms with Crippen LogP contribution in [-0.4, -0.2) is 19.5 Å². The summed E-state index contributed by atoms with van der Waals surface area (Å²) in [6.07, 6.45) is 4.85. The highest BCUT2D eigenvalue weighted by molar-refractivity contribution is 5.86. The summed E-state index contributed by atoms with van der Waals surface area (Å²) in [5.41, 5.74) is 0. The molecule has 0 bridgehead atoms. The van der Waals surface area contributed by atoms with Gasteiger partial charge >= 0.3 is 0 Å². The predicted octanol–water partition coefficient (Wildman–Crippen LogP) is 2.27. The third-order valence-electron chi connectivity index (χ3n) is 3.98. The lowest BCUT2D eigenvalue weighted by molar-refractivity contribution is -0.124. The van der Waals surface area contributed by atoms with Crippen LogP contribution in [0, 0.1) is 23.7 Å². The van der Waals surface area contributed by atoms with Gasteiger partial charge in [0.15, 0.2) is 0 Å². The van der Waals surface area contributed by atoms with E-state index in [4.69, 9.17) is 4.74 Å². The minimum Gasteiger partial charge on any atom is -0.385 e. The number of methoxy groups -OCH3 is 1. The van der Waals surface area contributed by atoms with E-state index in [1.54, 1.807) is 7.11 Å². The third kappa shape index (κ3) is 1.72. The van der Waals surface area contributed by atoms with E-state index in [0.29, 0.717) is 11.7 Å². The summed E-state index contributed by atoms with van der Waals surface area (Å²) in [6.45, 7) is 2.77. The van der Waals surface area contributed by atoms with Gasteiger partial charge in [0.05, 0.1) is 0 Å². The van der Waals surface area contributed by atoms with E-state index in [2.05, 4.69) is 6.92 Å². The minimum absolute atomic E-state index is 0.213. The Bertz CT molecular complexity index is 214. The Labute approximate surface area is 86.0 Å². The summed E-state index contributed by atoms with van der Waals surface area (Å²) in [6, 6.07) is 0. The van der Waals surface area contributed by atoms with Crippen molar-refractivity contribution in [1.29, 1.82) is 0 Å². The molecule has 2 nitrogen and oxygen atoms in total. The van der Waals surface area contributed by atoms with Crippen LogP contribution in [0.25, 0.3) is 0 Å². The van der Waals surface area contributed by atoms with Crippen LogP contribution < -0.4 is 0 Å². The van der Waals surface area contributed by atoms with E-state index >= 15 is 0 Å². The Morgan fingerprint density at radius 1 is 1.43 bits per heavy atom. The molecule has 0 spiro atoms. The van der Waals surface area contributed by atoms with Crippen LogP contribution in [-0.2, 0) is 9.53 Å². The summed E-state index contributed by atoms with van der Waals surface area (Å²) < 4.78 is 5.00. The standard InChI is InChI=1S/C12H20O2/c1-8(6-7-14-2)12(13)11-9-4-3-5-10(9)11/h8-11H,3-7H2,1-2H3. The average Bonchev–Trinajstić information content (AvgIpc) is 2.66. The summed E-state index contributed by atoms with van der Waals surface area (Å²) >= 11 is 0. The van der Waals surface area contributed by atoms with Crippen LogP contribution in [0.4, 0.5) is 0 Å². The number of ketones is 1.